The van der Waals surface area contributed by atoms with Crippen molar-refractivity contribution in [3.05, 3.63) is 73.1 Å². The van der Waals surface area contributed by atoms with Crippen LogP contribution in [-0.2, 0) is 27.9 Å². The predicted octanol–water partition coefficient (Wildman–Crippen LogP) is 12.3. The third-order valence-electron chi connectivity index (χ3n) is 8.37. The molecule has 0 aromatic carbocycles. The molecule has 9 heteroatoms. The van der Waals surface area contributed by atoms with E-state index in [4.69, 9.17) is 18.5 Å². The summed E-state index contributed by atoms with van der Waals surface area (Å²) in [6.45, 7) is 4.71. The van der Waals surface area contributed by atoms with Crippen LogP contribution in [0.1, 0.15) is 149 Å². The maximum atomic E-state index is 12.4. The molecule has 2 atom stereocenters. The Morgan fingerprint density at radius 3 is 1.64 bits per heavy atom. The van der Waals surface area contributed by atoms with Gasteiger partial charge in [0.05, 0.1) is 34.0 Å². The van der Waals surface area contributed by atoms with Crippen LogP contribution in [0.25, 0.3) is 0 Å². The van der Waals surface area contributed by atoms with Gasteiger partial charge in [-0.1, -0.05) is 145 Å². The van der Waals surface area contributed by atoms with Gasteiger partial charge in [0.15, 0.2) is 6.10 Å². The summed E-state index contributed by atoms with van der Waals surface area (Å²) in [6.07, 6.45) is 47.6. The number of hydrogen-bond acceptors (Lipinski definition) is 6. The molecular weight excluding hydrogens is 685 g/mol. The highest BCUT2D eigenvalue weighted by Gasteiger charge is 2.25. The highest BCUT2D eigenvalue weighted by Crippen LogP contribution is 2.43. The number of quaternary nitrogens is 1. The molecule has 0 saturated carbocycles. The summed E-state index contributed by atoms with van der Waals surface area (Å²) in [4.78, 5) is 22.6. The van der Waals surface area contributed by atoms with Gasteiger partial charge in [-0.05, 0) is 63.9 Å². The van der Waals surface area contributed by atoms with Gasteiger partial charge in [0.1, 0.15) is 19.8 Å². The fourth-order valence-electron chi connectivity index (χ4n) is 5.10. The number of phosphoric acid groups is 1. The molecule has 2 unspecified atom stereocenters. The fraction of sp³-hybridized carbons (Fsp3) is 0.705. The minimum atomic E-state index is -4.28. The van der Waals surface area contributed by atoms with Crippen molar-refractivity contribution < 1.29 is 37.3 Å². The fourth-order valence-corrected chi connectivity index (χ4v) is 5.84. The number of nitrogens with zero attached hydrogens (tertiary/aromatic N) is 1. The summed E-state index contributed by atoms with van der Waals surface area (Å²) in [5.41, 5.74) is 0. The first-order valence-corrected chi connectivity index (χ1v) is 22.2. The van der Waals surface area contributed by atoms with Gasteiger partial charge < -0.3 is 18.9 Å². The van der Waals surface area contributed by atoms with Gasteiger partial charge in [0.25, 0.3) is 0 Å². The lowest BCUT2D eigenvalue weighted by Gasteiger charge is -2.24. The number of carbonyl (C=O) groups excluding carboxylic acids is 1. The van der Waals surface area contributed by atoms with Gasteiger partial charge in [-0.25, -0.2) is 4.57 Å². The number of likely N-dealkylation sites (N-methyl/N-ethyl adjacent to an activating group) is 1. The molecule has 0 aliphatic carbocycles. The molecule has 0 amide bonds. The van der Waals surface area contributed by atoms with Crippen molar-refractivity contribution in [1.82, 2.24) is 0 Å². The highest BCUT2D eigenvalue weighted by atomic mass is 31.2. The molecule has 0 aromatic rings. The average molecular weight is 765 g/mol. The van der Waals surface area contributed by atoms with Crippen molar-refractivity contribution in [2.45, 2.75) is 155 Å². The first-order chi connectivity index (χ1) is 25.6. The van der Waals surface area contributed by atoms with E-state index in [1.54, 1.807) is 6.26 Å². The van der Waals surface area contributed by atoms with Crippen LogP contribution in [0.15, 0.2) is 73.1 Å². The molecule has 0 rings (SSSR count). The van der Waals surface area contributed by atoms with E-state index in [2.05, 4.69) is 74.6 Å². The number of allylic oxidation sites excluding steroid dienone is 11. The number of phosphoric ester groups is 1. The predicted molar refractivity (Wildman–Crippen MR) is 224 cm³/mol. The number of rotatable bonds is 37. The second-order valence-corrected chi connectivity index (χ2v) is 16.2. The Kier molecular flexibility index (Phi) is 35.2. The number of hydrogen-bond donors (Lipinski definition) is 1. The van der Waals surface area contributed by atoms with Gasteiger partial charge in [-0.3, -0.25) is 13.8 Å². The van der Waals surface area contributed by atoms with Gasteiger partial charge in [-0.2, -0.15) is 0 Å². The maximum absolute atomic E-state index is 12.4. The molecule has 0 bridgehead atoms. The molecule has 306 valence electrons. The summed E-state index contributed by atoms with van der Waals surface area (Å²) < 4.78 is 34.6. The number of unbranched alkanes of at least 4 members (excludes halogenated alkanes) is 13. The molecule has 0 saturated heterocycles. The standard InChI is InChI=1S/C44H78NO7P/c1-6-8-10-12-14-16-18-20-22-23-24-25-27-29-31-33-35-37-44(46)50-41-43(42-52-53(47,48)51-40-38-45(3,4)5)49-39-36-34-32-30-28-26-21-19-17-15-13-11-9-7-2/h8,10,14,16,20,22,24-25,29,31,36,39,43H,6-7,9,11-13,15,17-19,21,23,26-28,30,32-35,37-38,40-42H2,1-5H3/p+1/b10-8-,16-14-,22-20-,25-24-,31-29-,39-36-. The third kappa shape index (κ3) is 40.8. The lowest BCUT2D eigenvalue weighted by molar-refractivity contribution is -0.870. The van der Waals surface area contributed by atoms with Crippen LogP contribution >= 0.6 is 7.82 Å². The molecule has 0 heterocycles. The lowest BCUT2D eigenvalue weighted by atomic mass is 10.0. The lowest BCUT2D eigenvalue weighted by Crippen LogP contribution is -2.37. The zero-order chi connectivity index (χ0) is 39.1. The Labute approximate surface area is 325 Å². The zero-order valence-corrected chi connectivity index (χ0v) is 35.4. The van der Waals surface area contributed by atoms with Gasteiger partial charge in [-0.15, -0.1) is 0 Å². The van der Waals surface area contributed by atoms with Gasteiger partial charge >= 0.3 is 13.8 Å². The van der Waals surface area contributed by atoms with E-state index in [0.29, 0.717) is 17.4 Å². The second-order valence-electron chi connectivity index (χ2n) is 14.7. The van der Waals surface area contributed by atoms with Gasteiger partial charge in [0, 0.05) is 6.42 Å². The van der Waals surface area contributed by atoms with Crippen molar-refractivity contribution in [3.63, 3.8) is 0 Å². The maximum Gasteiger partial charge on any atom is 0.472 e. The SMILES string of the molecule is CC/C=C\C/C=C\C/C=C\C/C=C\C/C=C\CCCC(=O)OCC(COP(=O)(O)OCC[N+](C)(C)C)O/C=C\CCCCCCCCCCCCCC. The van der Waals surface area contributed by atoms with Crippen LogP contribution in [0.3, 0.4) is 0 Å². The Hall–Kier alpha value is -2.22. The summed E-state index contributed by atoms with van der Waals surface area (Å²) in [6, 6.07) is 0. The number of esters is 1. The first-order valence-electron chi connectivity index (χ1n) is 20.7. The molecule has 0 radical (unpaired) electrons. The van der Waals surface area contributed by atoms with E-state index >= 15 is 0 Å². The number of carbonyl (C=O) groups is 1. The summed E-state index contributed by atoms with van der Waals surface area (Å²) >= 11 is 0. The van der Waals surface area contributed by atoms with Crippen LogP contribution in [0.5, 0.6) is 0 Å². The van der Waals surface area contributed by atoms with Crippen molar-refractivity contribution in [2.75, 3.05) is 47.5 Å². The van der Waals surface area contributed by atoms with E-state index in [1.165, 1.54) is 70.6 Å². The first kappa shape index (κ1) is 50.8. The molecule has 0 spiro atoms. The zero-order valence-electron chi connectivity index (χ0n) is 34.5. The Morgan fingerprint density at radius 2 is 1.11 bits per heavy atom. The summed E-state index contributed by atoms with van der Waals surface area (Å²) in [5, 5.41) is 0. The molecule has 8 nitrogen and oxygen atoms in total. The molecule has 1 N–H and O–H groups in total. The van der Waals surface area contributed by atoms with E-state index in [0.717, 1.165) is 51.4 Å². The molecule has 0 aromatic heterocycles. The molecule has 0 aliphatic rings. The van der Waals surface area contributed by atoms with Crippen molar-refractivity contribution in [2.24, 2.45) is 0 Å². The molecule has 0 fully saturated rings. The minimum Gasteiger partial charge on any atom is -0.492 e. The van der Waals surface area contributed by atoms with E-state index < -0.39 is 13.9 Å². The van der Waals surface area contributed by atoms with Crippen LogP contribution in [0.2, 0.25) is 0 Å². The molecule has 0 aliphatic heterocycles. The summed E-state index contributed by atoms with van der Waals surface area (Å²) in [7, 11) is 1.63. The van der Waals surface area contributed by atoms with E-state index in [-0.39, 0.29) is 32.2 Å². The summed E-state index contributed by atoms with van der Waals surface area (Å²) in [5.74, 6) is -0.335. The Balaban J connectivity index is 4.42. The smallest absolute Gasteiger partial charge is 0.472 e. The Morgan fingerprint density at radius 1 is 0.623 bits per heavy atom. The van der Waals surface area contributed by atoms with Crippen LogP contribution in [0, 0.1) is 0 Å². The quantitative estimate of drug-likeness (QED) is 0.0168. The van der Waals surface area contributed by atoms with Crippen molar-refractivity contribution in [3.8, 4) is 0 Å². The minimum absolute atomic E-state index is 0.0780. The van der Waals surface area contributed by atoms with E-state index in [9.17, 15) is 14.3 Å². The average Bonchev–Trinajstić information content (AvgIpc) is 3.11. The van der Waals surface area contributed by atoms with Gasteiger partial charge in [0.2, 0.25) is 0 Å². The second kappa shape index (κ2) is 36.7. The molecule has 53 heavy (non-hydrogen) atoms. The monoisotopic (exact) mass is 765 g/mol. The highest BCUT2D eigenvalue weighted by molar-refractivity contribution is 7.47. The van der Waals surface area contributed by atoms with Crippen LogP contribution in [-0.4, -0.2) is 69.0 Å². The van der Waals surface area contributed by atoms with Crippen molar-refractivity contribution in [1.29, 1.82) is 0 Å². The van der Waals surface area contributed by atoms with E-state index in [1.807, 2.05) is 27.2 Å². The van der Waals surface area contributed by atoms with Crippen LogP contribution in [0.4, 0.5) is 0 Å². The van der Waals surface area contributed by atoms with Crippen LogP contribution < -0.4 is 0 Å². The normalized spacial score (nSPS) is 14.5. The largest absolute Gasteiger partial charge is 0.492 e. The topological polar surface area (TPSA) is 91.3 Å². The Bertz CT molecular complexity index is 1070. The molecular formula is C44H79NO7P+. The number of ether oxygens (including phenoxy) is 2. The van der Waals surface area contributed by atoms with Crippen molar-refractivity contribution >= 4 is 13.8 Å². The third-order valence-corrected chi connectivity index (χ3v) is 9.36.